The first-order valence-electron chi connectivity index (χ1n) is 11.2. The Kier molecular flexibility index (Phi) is 5.60. The predicted octanol–water partition coefficient (Wildman–Crippen LogP) is 6.51. The Labute approximate surface area is 210 Å². The third-order valence-electron chi connectivity index (χ3n) is 7.35. The number of thioether (sulfide) groups is 1. The Bertz CT molecular complexity index is 1290. The monoisotopic (exact) mass is 516 g/mol. The fraction of sp³-hybridized carbons (Fsp3) is 0.360. The van der Waals surface area contributed by atoms with Gasteiger partial charge in [0, 0.05) is 21.7 Å². The van der Waals surface area contributed by atoms with E-state index >= 15 is 0 Å². The van der Waals surface area contributed by atoms with E-state index in [0.29, 0.717) is 32.8 Å². The minimum absolute atomic E-state index is 0.00902. The van der Waals surface area contributed by atoms with Gasteiger partial charge in [0.2, 0.25) is 5.91 Å². The molecule has 1 amide bonds. The SMILES string of the molecule is O=C(Cn1c2c(sc1=O)C(c1ccccc1)C1C3CCC(C3)C1S2)Nc1ccc(Cl)c(Cl)c1. The number of hydrogen-bond acceptors (Lipinski definition) is 4. The first kappa shape index (κ1) is 21.8. The molecule has 0 radical (unpaired) electrons. The second-order valence-corrected chi connectivity index (χ2v) is 12.2. The molecular formula is C25H22Cl2N2O2S2. The summed E-state index contributed by atoms with van der Waals surface area (Å²) in [5.41, 5.74) is 1.85. The van der Waals surface area contributed by atoms with Crippen molar-refractivity contribution in [3.63, 3.8) is 0 Å². The molecule has 4 nitrogen and oxygen atoms in total. The number of hydrogen-bond donors (Lipinski definition) is 1. The van der Waals surface area contributed by atoms with Crippen LogP contribution in [0.5, 0.6) is 0 Å². The Balaban J connectivity index is 1.35. The van der Waals surface area contributed by atoms with Gasteiger partial charge in [-0.3, -0.25) is 14.2 Å². The average molecular weight is 518 g/mol. The second-order valence-electron chi connectivity index (χ2n) is 9.18. The summed E-state index contributed by atoms with van der Waals surface area (Å²) >= 11 is 15.2. The molecule has 2 aromatic carbocycles. The molecule has 2 heterocycles. The zero-order valence-electron chi connectivity index (χ0n) is 17.7. The maximum absolute atomic E-state index is 13.1. The van der Waals surface area contributed by atoms with Gasteiger partial charge in [0.15, 0.2) is 0 Å². The summed E-state index contributed by atoms with van der Waals surface area (Å²) < 4.78 is 1.68. The molecule has 0 saturated heterocycles. The summed E-state index contributed by atoms with van der Waals surface area (Å²) in [7, 11) is 0. The van der Waals surface area contributed by atoms with Crippen LogP contribution >= 0.6 is 46.3 Å². The van der Waals surface area contributed by atoms with Crippen molar-refractivity contribution in [1.82, 2.24) is 4.57 Å². The minimum Gasteiger partial charge on any atom is -0.324 e. The van der Waals surface area contributed by atoms with E-state index in [1.165, 1.54) is 36.2 Å². The fourth-order valence-electron chi connectivity index (χ4n) is 6.04. The number of carbonyl (C=O) groups excluding carboxylic acids is 1. The van der Waals surface area contributed by atoms with Crippen LogP contribution in [-0.4, -0.2) is 15.7 Å². The third-order valence-corrected chi connectivity index (χ3v) is 10.9. The number of halogens is 2. The lowest BCUT2D eigenvalue weighted by Gasteiger charge is -2.40. The molecular weight excluding hydrogens is 495 g/mol. The van der Waals surface area contributed by atoms with Crippen molar-refractivity contribution in [1.29, 1.82) is 0 Å². The van der Waals surface area contributed by atoms with Gasteiger partial charge in [-0.2, -0.15) is 0 Å². The highest BCUT2D eigenvalue weighted by Crippen LogP contribution is 2.63. The van der Waals surface area contributed by atoms with Gasteiger partial charge in [0.1, 0.15) is 6.54 Å². The van der Waals surface area contributed by atoms with Gasteiger partial charge >= 0.3 is 4.87 Å². The number of thiazole rings is 1. The van der Waals surface area contributed by atoms with Gasteiger partial charge in [0.05, 0.1) is 15.1 Å². The van der Waals surface area contributed by atoms with Crippen LogP contribution in [0.3, 0.4) is 0 Å². The molecule has 5 unspecified atom stereocenters. The van der Waals surface area contributed by atoms with E-state index in [4.69, 9.17) is 23.2 Å². The molecule has 33 heavy (non-hydrogen) atoms. The van der Waals surface area contributed by atoms with E-state index in [1.54, 1.807) is 22.8 Å². The zero-order valence-corrected chi connectivity index (χ0v) is 20.8. The Morgan fingerprint density at radius 2 is 1.85 bits per heavy atom. The van der Waals surface area contributed by atoms with E-state index in [-0.39, 0.29) is 23.2 Å². The van der Waals surface area contributed by atoms with Crippen LogP contribution < -0.4 is 10.2 Å². The summed E-state index contributed by atoms with van der Waals surface area (Å²) in [6.45, 7) is -0.00902. The fourth-order valence-corrected chi connectivity index (χ4v) is 9.49. The van der Waals surface area contributed by atoms with Gasteiger partial charge in [0.25, 0.3) is 0 Å². The van der Waals surface area contributed by atoms with Crippen LogP contribution in [0.15, 0.2) is 58.4 Å². The molecule has 2 fully saturated rings. The lowest BCUT2D eigenvalue weighted by atomic mass is 9.75. The van der Waals surface area contributed by atoms with Crippen molar-refractivity contribution in [2.24, 2.45) is 17.8 Å². The number of fused-ring (bicyclic) bond motifs is 6. The van der Waals surface area contributed by atoms with Crippen LogP contribution in [0.2, 0.25) is 10.0 Å². The second kappa shape index (κ2) is 8.49. The van der Waals surface area contributed by atoms with E-state index in [1.807, 2.05) is 17.8 Å². The largest absolute Gasteiger partial charge is 0.324 e. The number of anilines is 1. The highest BCUT2D eigenvalue weighted by atomic mass is 35.5. The molecule has 2 bridgehead atoms. The molecule has 8 heteroatoms. The van der Waals surface area contributed by atoms with Crippen LogP contribution in [0, 0.1) is 17.8 Å². The molecule has 5 atom stereocenters. The highest BCUT2D eigenvalue weighted by molar-refractivity contribution is 8.00. The number of aromatic nitrogens is 1. The Hall–Kier alpha value is -1.73. The molecule has 3 aromatic rings. The topological polar surface area (TPSA) is 51.1 Å². The maximum Gasteiger partial charge on any atom is 0.308 e. The highest BCUT2D eigenvalue weighted by Gasteiger charge is 2.55. The van der Waals surface area contributed by atoms with Crippen LogP contribution in [-0.2, 0) is 11.3 Å². The summed E-state index contributed by atoms with van der Waals surface area (Å²) in [6, 6.07) is 15.6. The molecule has 1 N–H and O–H groups in total. The van der Waals surface area contributed by atoms with Crippen molar-refractivity contribution >= 4 is 57.9 Å². The Morgan fingerprint density at radius 3 is 2.64 bits per heavy atom. The van der Waals surface area contributed by atoms with Gasteiger partial charge in [-0.05, 0) is 60.8 Å². The number of rotatable bonds is 4. The van der Waals surface area contributed by atoms with Crippen molar-refractivity contribution in [2.75, 3.05) is 5.32 Å². The molecule has 6 rings (SSSR count). The van der Waals surface area contributed by atoms with Crippen molar-refractivity contribution in [2.45, 2.75) is 42.0 Å². The summed E-state index contributed by atoms with van der Waals surface area (Å²) in [6.07, 6.45) is 3.87. The van der Waals surface area contributed by atoms with Gasteiger partial charge < -0.3 is 5.32 Å². The van der Waals surface area contributed by atoms with E-state index in [9.17, 15) is 9.59 Å². The summed E-state index contributed by atoms with van der Waals surface area (Å²) in [5.74, 6) is 2.00. The number of nitrogens with one attached hydrogen (secondary N) is 1. The van der Waals surface area contributed by atoms with E-state index < -0.39 is 0 Å². The van der Waals surface area contributed by atoms with Gasteiger partial charge in [-0.25, -0.2) is 0 Å². The first-order valence-corrected chi connectivity index (χ1v) is 13.6. The first-order chi connectivity index (χ1) is 16.0. The van der Waals surface area contributed by atoms with Crippen molar-refractivity contribution in [3.8, 4) is 0 Å². The Morgan fingerprint density at radius 1 is 1.06 bits per heavy atom. The van der Waals surface area contributed by atoms with E-state index in [0.717, 1.165) is 15.8 Å². The molecule has 0 spiro atoms. The van der Waals surface area contributed by atoms with Crippen LogP contribution in [0.4, 0.5) is 5.69 Å². The standard InChI is InChI=1S/C25H22Cl2N2O2S2/c26-17-9-8-16(11-18(17)27)28-19(30)12-29-24-23(33-25(29)31)20(13-4-2-1-3-5-13)21-14-6-7-15(10-14)22(21)32-24/h1-5,8-9,11,14-15,20-22H,6-7,10,12H2,(H,28,30). The molecule has 1 aromatic heterocycles. The van der Waals surface area contributed by atoms with E-state index in [2.05, 4.69) is 29.6 Å². The normalized spacial score (nSPS) is 27.3. The zero-order chi connectivity index (χ0) is 22.7. The number of carbonyl (C=O) groups is 1. The smallest absolute Gasteiger partial charge is 0.308 e. The van der Waals surface area contributed by atoms with Crippen molar-refractivity contribution < 1.29 is 4.79 Å². The molecule has 2 saturated carbocycles. The van der Waals surface area contributed by atoms with Crippen LogP contribution in [0.25, 0.3) is 0 Å². The molecule has 1 aliphatic heterocycles. The van der Waals surface area contributed by atoms with Crippen molar-refractivity contribution in [3.05, 3.63) is 78.7 Å². The van der Waals surface area contributed by atoms with Gasteiger partial charge in [-0.1, -0.05) is 64.9 Å². The summed E-state index contributed by atoms with van der Waals surface area (Å²) in [5, 5.41) is 5.16. The number of nitrogens with zero attached hydrogens (tertiary/aromatic N) is 1. The minimum atomic E-state index is -0.247. The lowest BCUT2D eigenvalue weighted by molar-refractivity contribution is -0.116. The third kappa shape index (κ3) is 3.75. The van der Waals surface area contributed by atoms with Crippen LogP contribution in [0.1, 0.15) is 35.6 Å². The molecule has 170 valence electrons. The maximum atomic E-state index is 13.1. The predicted molar refractivity (Wildman–Crippen MR) is 136 cm³/mol. The average Bonchev–Trinajstić information content (AvgIpc) is 3.50. The molecule has 3 aliphatic rings. The van der Waals surface area contributed by atoms with Gasteiger partial charge in [-0.15, -0.1) is 11.8 Å². The quantitative estimate of drug-likeness (QED) is 0.430. The number of amides is 1. The summed E-state index contributed by atoms with van der Waals surface area (Å²) in [4.78, 5) is 27.1. The molecule has 2 aliphatic carbocycles. The number of benzene rings is 2. The lowest BCUT2D eigenvalue weighted by Crippen LogP contribution is -2.34.